The summed E-state index contributed by atoms with van der Waals surface area (Å²) in [6.45, 7) is 4.00. The van der Waals surface area contributed by atoms with Gasteiger partial charge in [0, 0.05) is 12.1 Å². The van der Waals surface area contributed by atoms with E-state index in [1.165, 1.54) is 12.1 Å². The molecule has 0 saturated carbocycles. The number of nitro benzene ring substituents is 1. The van der Waals surface area contributed by atoms with Crippen molar-refractivity contribution in [2.75, 3.05) is 0 Å². The molecule has 0 fully saturated rings. The Balaban J connectivity index is 0.000000861. The van der Waals surface area contributed by atoms with Gasteiger partial charge >= 0.3 is 0 Å². The summed E-state index contributed by atoms with van der Waals surface area (Å²) in [5.74, 6) is 0. The summed E-state index contributed by atoms with van der Waals surface area (Å²) in [7, 11) is 0. The molecule has 0 radical (unpaired) electrons. The molecule has 0 aliphatic rings. The number of rotatable bonds is 3. The number of hydrogen-bond acceptors (Lipinski definition) is 2. The van der Waals surface area contributed by atoms with Gasteiger partial charge in [0.1, 0.15) is 0 Å². The van der Waals surface area contributed by atoms with Crippen LogP contribution in [0.4, 0.5) is 5.69 Å². The van der Waals surface area contributed by atoms with E-state index in [9.17, 15) is 10.1 Å². The SMILES string of the molecule is CC.O=[N+]([O-])c1ccc(/C=C/c2ccccc2)cc1. The summed E-state index contributed by atoms with van der Waals surface area (Å²) in [5, 5.41) is 10.5. The van der Waals surface area contributed by atoms with Crippen LogP contribution in [0, 0.1) is 10.1 Å². The average molecular weight is 255 g/mol. The summed E-state index contributed by atoms with van der Waals surface area (Å²) < 4.78 is 0. The zero-order chi connectivity index (χ0) is 14.1. The molecule has 0 bridgehead atoms. The molecule has 0 saturated heterocycles. The topological polar surface area (TPSA) is 43.1 Å². The normalized spacial score (nSPS) is 9.79. The lowest BCUT2D eigenvalue weighted by atomic mass is 10.1. The fourth-order valence-corrected chi connectivity index (χ4v) is 1.46. The van der Waals surface area contributed by atoms with Gasteiger partial charge in [-0.15, -0.1) is 0 Å². The third-order valence-corrected chi connectivity index (χ3v) is 2.37. The smallest absolute Gasteiger partial charge is 0.258 e. The average Bonchev–Trinajstić information content (AvgIpc) is 2.49. The van der Waals surface area contributed by atoms with Gasteiger partial charge in [0.25, 0.3) is 5.69 Å². The Hall–Kier alpha value is -2.42. The molecule has 3 heteroatoms. The van der Waals surface area contributed by atoms with Crippen LogP contribution in [0.25, 0.3) is 12.2 Å². The molecular weight excluding hydrogens is 238 g/mol. The Labute approximate surface area is 113 Å². The van der Waals surface area contributed by atoms with Gasteiger partial charge in [-0.2, -0.15) is 0 Å². The van der Waals surface area contributed by atoms with Crippen molar-refractivity contribution in [3.05, 3.63) is 75.8 Å². The van der Waals surface area contributed by atoms with E-state index in [1.807, 2.05) is 56.3 Å². The Morgan fingerprint density at radius 1 is 0.842 bits per heavy atom. The molecule has 0 N–H and O–H groups in total. The van der Waals surface area contributed by atoms with Crippen molar-refractivity contribution < 1.29 is 4.92 Å². The van der Waals surface area contributed by atoms with Gasteiger partial charge in [0.15, 0.2) is 0 Å². The van der Waals surface area contributed by atoms with Gasteiger partial charge < -0.3 is 0 Å². The molecule has 0 atom stereocenters. The molecule has 2 aromatic carbocycles. The predicted molar refractivity (Wildman–Crippen MR) is 79.8 cm³/mol. The lowest BCUT2D eigenvalue weighted by Gasteiger charge is -1.94. The van der Waals surface area contributed by atoms with Gasteiger partial charge in [-0.3, -0.25) is 10.1 Å². The Kier molecular flexibility index (Phi) is 6.03. The van der Waals surface area contributed by atoms with Crippen molar-refractivity contribution in [3.8, 4) is 0 Å². The predicted octanol–water partition coefficient (Wildman–Crippen LogP) is 4.79. The van der Waals surface area contributed by atoms with E-state index in [0.29, 0.717) is 0 Å². The summed E-state index contributed by atoms with van der Waals surface area (Å²) in [4.78, 5) is 10.1. The third kappa shape index (κ3) is 4.76. The number of benzene rings is 2. The summed E-state index contributed by atoms with van der Waals surface area (Å²) in [5.41, 5.74) is 2.16. The molecule has 2 aromatic rings. The van der Waals surface area contributed by atoms with Crippen LogP contribution < -0.4 is 0 Å². The first kappa shape index (κ1) is 14.6. The molecule has 0 amide bonds. The first-order valence-electron chi connectivity index (χ1n) is 6.23. The quantitative estimate of drug-likeness (QED) is 0.449. The van der Waals surface area contributed by atoms with E-state index in [0.717, 1.165) is 11.1 Å². The lowest BCUT2D eigenvalue weighted by Crippen LogP contribution is -1.86. The maximum atomic E-state index is 10.5. The molecular formula is C16H17NO2. The molecule has 0 aromatic heterocycles. The maximum Gasteiger partial charge on any atom is 0.269 e. The minimum Gasteiger partial charge on any atom is -0.258 e. The van der Waals surface area contributed by atoms with Gasteiger partial charge in [-0.1, -0.05) is 56.3 Å². The monoisotopic (exact) mass is 255 g/mol. The highest BCUT2D eigenvalue weighted by Gasteiger charge is 2.01. The second-order valence-corrected chi connectivity index (χ2v) is 3.59. The fraction of sp³-hybridized carbons (Fsp3) is 0.125. The highest BCUT2D eigenvalue weighted by molar-refractivity contribution is 5.69. The van der Waals surface area contributed by atoms with E-state index >= 15 is 0 Å². The highest BCUT2D eigenvalue weighted by Crippen LogP contribution is 2.14. The first-order chi connectivity index (χ1) is 9.25. The summed E-state index contributed by atoms with van der Waals surface area (Å²) >= 11 is 0. The van der Waals surface area contributed by atoms with Gasteiger partial charge in [0.2, 0.25) is 0 Å². The van der Waals surface area contributed by atoms with Crippen LogP contribution in [0.15, 0.2) is 54.6 Å². The Bertz CT molecular complexity index is 530. The van der Waals surface area contributed by atoms with Crippen molar-refractivity contribution >= 4 is 17.8 Å². The zero-order valence-corrected chi connectivity index (χ0v) is 11.1. The van der Waals surface area contributed by atoms with E-state index in [1.54, 1.807) is 12.1 Å². The van der Waals surface area contributed by atoms with Crippen LogP contribution in [0.1, 0.15) is 25.0 Å². The standard InChI is InChI=1S/C14H11NO2.C2H6/c16-15(17)14-10-8-13(9-11-14)7-6-12-4-2-1-3-5-12;1-2/h1-11H;1-2H3/b7-6+;. The van der Waals surface area contributed by atoms with Crippen LogP contribution in [-0.2, 0) is 0 Å². The number of non-ortho nitro benzene ring substituents is 1. The molecule has 0 spiro atoms. The highest BCUT2D eigenvalue weighted by atomic mass is 16.6. The lowest BCUT2D eigenvalue weighted by molar-refractivity contribution is -0.384. The van der Waals surface area contributed by atoms with E-state index in [2.05, 4.69) is 0 Å². The van der Waals surface area contributed by atoms with Crippen LogP contribution in [0.2, 0.25) is 0 Å². The Morgan fingerprint density at radius 3 is 1.79 bits per heavy atom. The van der Waals surface area contributed by atoms with Crippen molar-refractivity contribution in [2.24, 2.45) is 0 Å². The molecule has 0 aliphatic carbocycles. The van der Waals surface area contributed by atoms with E-state index < -0.39 is 4.92 Å². The van der Waals surface area contributed by atoms with Crippen molar-refractivity contribution in [3.63, 3.8) is 0 Å². The van der Waals surface area contributed by atoms with Gasteiger partial charge in [-0.05, 0) is 23.3 Å². The second kappa shape index (κ2) is 7.82. The van der Waals surface area contributed by atoms with Crippen LogP contribution in [-0.4, -0.2) is 4.92 Å². The second-order valence-electron chi connectivity index (χ2n) is 3.59. The summed E-state index contributed by atoms with van der Waals surface area (Å²) in [6.07, 6.45) is 3.90. The molecule has 0 unspecified atom stereocenters. The van der Waals surface area contributed by atoms with E-state index in [4.69, 9.17) is 0 Å². The number of hydrogen-bond donors (Lipinski definition) is 0. The fourth-order valence-electron chi connectivity index (χ4n) is 1.46. The van der Waals surface area contributed by atoms with Crippen molar-refractivity contribution in [2.45, 2.75) is 13.8 Å². The van der Waals surface area contributed by atoms with Crippen molar-refractivity contribution in [1.29, 1.82) is 0 Å². The van der Waals surface area contributed by atoms with Crippen LogP contribution in [0.3, 0.4) is 0 Å². The zero-order valence-electron chi connectivity index (χ0n) is 11.1. The number of nitrogens with zero attached hydrogens (tertiary/aromatic N) is 1. The Morgan fingerprint density at radius 2 is 1.32 bits per heavy atom. The van der Waals surface area contributed by atoms with Crippen LogP contribution in [0.5, 0.6) is 0 Å². The minimum absolute atomic E-state index is 0.113. The van der Waals surface area contributed by atoms with E-state index in [-0.39, 0.29) is 5.69 Å². The third-order valence-electron chi connectivity index (χ3n) is 2.37. The first-order valence-corrected chi connectivity index (χ1v) is 6.23. The van der Waals surface area contributed by atoms with Gasteiger partial charge in [-0.25, -0.2) is 0 Å². The van der Waals surface area contributed by atoms with Gasteiger partial charge in [0.05, 0.1) is 4.92 Å². The van der Waals surface area contributed by atoms with Crippen molar-refractivity contribution in [1.82, 2.24) is 0 Å². The summed E-state index contributed by atoms with van der Waals surface area (Å²) in [6, 6.07) is 16.4. The molecule has 0 heterocycles. The minimum atomic E-state index is -0.398. The molecule has 19 heavy (non-hydrogen) atoms. The molecule has 3 nitrogen and oxygen atoms in total. The molecule has 98 valence electrons. The van der Waals surface area contributed by atoms with Crippen LogP contribution >= 0.6 is 0 Å². The molecule has 2 rings (SSSR count). The number of nitro groups is 1. The maximum absolute atomic E-state index is 10.5. The molecule has 0 aliphatic heterocycles. The largest absolute Gasteiger partial charge is 0.269 e.